The van der Waals surface area contributed by atoms with Gasteiger partial charge < -0.3 is 4.74 Å². The molecule has 20 heavy (non-hydrogen) atoms. The Bertz CT molecular complexity index is 700. The summed E-state index contributed by atoms with van der Waals surface area (Å²) < 4.78 is 32.1. The van der Waals surface area contributed by atoms with Gasteiger partial charge in [-0.2, -0.15) is 0 Å². The number of hydrogen-bond donors (Lipinski definition) is 1. The van der Waals surface area contributed by atoms with Crippen molar-refractivity contribution in [3.05, 3.63) is 44.6 Å². The first kappa shape index (κ1) is 15.6. The van der Waals surface area contributed by atoms with Gasteiger partial charge in [0.2, 0.25) is 10.0 Å². The molecule has 0 aliphatic heterocycles. The zero-order valence-electron chi connectivity index (χ0n) is 10.4. The van der Waals surface area contributed by atoms with Crippen molar-refractivity contribution in [2.45, 2.75) is 11.4 Å². The van der Waals surface area contributed by atoms with Crippen LogP contribution in [0.3, 0.4) is 0 Å². The molecule has 0 aliphatic rings. The standard InChI is InChI=1S/C12H11Cl2NO3S2/c1-18-12-10(5-4-9(13)11(12)14)20(16,17)15-7-8-3-2-6-19-8/h2-6,15H,7H2,1H3. The highest BCUT2D eigenvalue weighted by Gasteiger charge is 2.22. The van der Waals surface area contributed by atoms with E-state index < -0.39 is 10.0 Å². The number of benzene rings is 1. The molecule has 0 aliphatic carbocycles. The van der Waals surface area contributed by atoms with Gasteiger partial charge in [0.1, 0.15) is 9.92 Å². The van der Waals surface area contributed by atoms with E-state index in [2.05, 4.69) is 4.72 Å². The van der Waals surface area contributed by atoms with Crippen molar-refractivity contribution in [1.82, 2.24) is 4.72 Å². The van der Waals surface area contributed by atoms with Crippen LogP contribution in [0.25, 0.3) is 0 Å². The van der Waals surface area contributed by atoms with Gasteiger partial charge in [0.15, 0.2) is 5.75 Å². The maximum atomic E-state index is 12.3. The molecule has 0 unspecified atom stereocenters. The van der Waals surface area contributed by atoms with E-state index in [-0.39, 0.29) is 27.2 Å². The third-order valence-electron chi connectivity index (χ3n) is 2.52. The van der Waals surface area contributed by atoms with E-state index in [1.807, 2.05) is 17.5 Å². The molecular weight excluding hydrogens is 341 g/mol. The second kappa shape index (κ2) is 6.32. The second-order valence-corrected chi connectivity index (χ2v) is 7.35. The number of nitrogens with one attached hydrogen (secondary N) is 1. The molecule has 0 radical (unpaired) electrons. The van der Waals surface area contributed by atoms with Crippen LogP contribution in [0.15, 0.2) is 34.5 Å². The number of sulfonamides is 1. The summed E-state index contributed by atoms with van der Waals surface area (Å²) in [5, 5.41) is 2.19. The van der Waals surface area contributed by atoms with E-state index in [1.54, 1.807) is 0 Å². The summed E-state index contributed by atoms with van der Waals surface area (Å²) in [6.45, 7) is 0.212. The first-order chi connectivity index (χ1) is 9.45. The Hall–Kier alpha value is -0.790. The van der Waals surface area contributed by atoms with Crippen molar-refractivity contribution in [1.29, 1.82) is 0 Å². The number of rotatable bonds is 5. The smallest absolute Gasteiger partial charge is 0.244 e. The molecule has 1 N–H and O–H groups in total. The molecule has 0 amide bonds. The maximum Gasteiger partial charge on any atom is 0.244 e. The lowest BCUT2D eigenvalue weighted by molar-refractivity contribution is 0.402. The van der Waals surface area contributed by atoms with E-state index in [0.29, 0.717) is 0 Å². The number of ether oxygens (including phenoxy) is 1. The van der Waals surface area contributed by atoms with Crippen molar-refractivity contribution >= 4 is 44.6 Å². The Morgan fingerprint density at radius 3 is 2.65 bits per heavy atom. The molecule has 0 bridgehead atoms. The summed E-state index contributed by atoms with van der Waals surface area (Å²) in [7, 11) is -2.39. The highest BCUT2D eigenvalue weighted by molar-refractivity contribution is 7.89. The van der Waals surface area contributed by atoms with Gasteiger partial charge >= 0.3 is 0 Å². The van der Waals surface area contributed by atoms with Crippen molar-refractivity contribution in [2.24, 2.45) is 0 Å². The lowest BCUT2D eigenvalue weighted by atomic mass is 10.3. The van der Waals surface area contributed by atoms with Crippen LogP contribution in [-0.4, -0.2) is 15.5 Å². The molecule has 4 nitrogen and oxygen atoms in total. The topological polar surface area (TPSA) is 55.4 Å². The fraction of sp³-hybridized carbons (Fsp3) is 0.167. The predicted molar refractivity (Wildman–Crippen MR) is 81.4 cm³/mol. The Morgan fingerprint density at radius 1 is 1.30 bits per heavy atom. The van der Waals surface area contributed by atoms with Crippen molar-refractivity contribution in [3.63, 3.8) is 0 Å². The zero-order valence-corrected chi connectivity index (χ0v) is 13.5. The fourth-order valence-corrected chi connectivity index (χ4v) is 3.93. The van der Waals surface area contributed by atoms with Gasteiger partial charge in [-0.05, 0) is 23.6 Å². The highest BCUT2D eigenvalue weighted by Crippen LogP contribution is 2.37. The number of thiophene rings is 1. The van der Waals surface area contributed by atoms with Crippen LogP contribution >= 0.6 is 34.5 Å². The number of hydrogen-bond acceptors (Lipinski definition) is 4. The van der Waals surface area contributed by atoms with Crippen LogP contribution in [0.1, 0.15) is 4.88 Å². The first-order valence-corrected chi connectivity index (χ1v) is 8.61. The van der Waals surface area contributed by atoms with Crippen molar-refractivity contribution in [2.75, 3.05) is 7.11 Å². The molecule has 108 valence electrons. The molecular formula is C12H11Cl2NO3S2. The Balaban J connectivity index is 2.32. The molecule has 2 rings (SSSR count). The summed E-state index contributed by atoms with van der Waals surface area (Å²) in [5.74, 6) is 0.0397. The molecule has 8 heteroatoms. The van der Waals surface area contributed by atoms with E-state index in [1.165, 1.54) is 30.6 Å². The summed E-state index contributed by atoms with van der Waals surface area (Å²) in [4.78, 5) is 0.874. The van der Waals surface area contributed by atoms with Gasteiger partial charge in [-0.1, -0.05) is 29.3 Å². The average molecular weight is 352 g/mol. The zero-order chi connectivity index (χ0) is 14.8. The molecule has 0 spiro atoms. The molecule has 0 atom stereocenters. The fourth-order valence-electron chi connectivity index (χ4n) is 1.57. The van der Waals surface area contributed by atoms with Crippen LogP contribution in [0.2, 0.25) is 10.0 Å². The molecule has 0 saturated heterocycles. The van der Waals surface area contributed by atoms with Gasteiger partial charge in [0, 0.05) is 11.4 Å². The molecule has 0 saturated carbocycles. The minimum absolute atomic E-state index is 0.0362. The van der Waals surface area contributed by atoms with E-state index in [0.717, 1.165) is 4.88 Å². The van der Waals surface area contributed by atoms with E-state index in [4.69, 9.17) is 27.9 Å². The first-order valence-electron chi connectivity index (χ1n) is 5.49. The van der Waals surface area contributed by atoms with Crippen LogP contribution in [0, 0.1) is 0 Å². The van der Waals surface area contributed by atoms with E-state index in [9.17, 15) is 8.42 Å². The van der Waals surface area contributed by atoms with Gasteiger partial charge in [0.25, 0.3) is 0 Å². The lowest BCUT2D eigenvalue weighted by Gasteiger charge is -2.12. The van der Waals surface area contributed by atoms with E-state index >= 15 is 0 Å². The highest BCUT2D eigenvalue weighted by atomic mass is 35.5. The largest absolute Gasteiger partial charge is 0.494 e. The van der Waals surface area contributed by atoms with Crippen LogP contribution < -0.4 is 9.46 Å². The minimum Gasteiger partial charge on any atom is -0.494 e. The Labute approximate surface area is 131 Å². The third-order valence-corrected chi connectivity index (χ3v) is 5.61. The molecule has 1 aromatic carbocycles. The third kappa shape index (κ3) is 3.27. The number of methoxy groups -OCH3 is 1. The average Bonchev–Trinajstić information content (AvgIpc) is 2.92. The van der Waals surface area contributed by atoms with Crippen LogP contribution in [0.5, 0.6) is 5.75 Å². The van der Waals surface area contributed by atoms with Gasteiger partial charge in [-0.25, -0.2) is 13.1 Å². The maximum absolute atomic E-state index is 12.3. The van der Waals surface area contributed by atoms with Gasteiger partial charge in [-0.15, -0.1) is 11.3 Å². The molecule has 2 aromatic rings. The van der Waals surface area contributed by atoms with Gasteiger partial charge in [0.05, 0.1) is 12.1 Å². The summed E-state index contributed by atoms with van der Waals surface area (Å²) >= 11 is 13.3. The summed E-state index contributed by atoms with van der Waals surface area (Å²) in [6.07, 6.45) is 0. The monoisotopic (exact) mass is 351 g/mol. The molecule has 0 fully saturated rings. The van der Waals surface area contributed by atoms with Crippen molar-refractivity contribution in [3.8, 4) is 5.75 Å². The SMILES string of the molecule is COc1c(S(=O)(=O)NCc2cccs2)ccc(Cl)c1Cl. The lowest BCUT2D eigenvalue weighted by Crippen LogP contribution is -2.23. The number of halogens is 2. The second-order valence-electron chi connectivity index (χ2n) is 3.80. The van der Waals surface area contributed by atoms with Crippen molar-refractivity contribution < 1.29 is 13.2 Å². The van der Waals surface area contributed by atoms with Crippen LogP contribution in [0.4, 0.5) is 0 Å². The summed E-state index contributed by atoms with van der Waals surface area (Å²) in [5.41, 5.74) is 0. The predicted octanol–water partition coefficient (Wildman–Crippen LogP) is 3.54. The normalized spacial score (nSPS) is 11.6. The summed E-state index contributed by atoms with van der Waals surface area (Å²) in [6, 6.07) is 6.49. The van der Waals surface area contributed by atoms with Gasteiger partial charge in [-0.3, -0.25) is 0 Å². The quantitative estimate of drug-likeness (QED) is 0.896. The molecule has 1 heterocycles. The Kier molecular flexibility index (Phi) is 4.93. The molecule has 1 aromatic heterocycles. The van der Waals surface area contributed by atoms with Crippen LogP contribution in [-0.2, 0) is 16.6 Å². The minimum atomic E-state index is -3.73. The Morgan fingerprint density at radius 2 is 2.05 bits per heavy atom.